The highest BCUT2D eigenvalue weighted by molar-refractivity contribution is 7.92. The number of aromatic nitrogens is 1. The SMILES string of the molecule is CCC(=O)c1cccc(S(=O)(=O)Nc2ccc(C)cn2)c1. The van der Waals surface area contributed by atoms with E-state index in [-0.39, 0.29) is 16.5 Å². The Morgan fingerprint density at radius 1 is 1.24 bits per heavy atom. The van der Waals surface area contributed by atoms with Gasteiger partial charge in [-0.15, -0.1) is 0 Å². The van der Waals surface area contributed by atoms with Crippen LogP contribution < -0.4 is 4.72 Å². The lowest BCUT2D eigenvalue weighted by atomic mass is 10.1. The van der Waals surface area contributed by atoms with Crippen LogP contribution in [0, 0.1) is 6.92 Å². The van der Waals surface area contributed by atoms with Gasteiger partial charge >= 0.3 is 0 Å². The largest absolute Gasteiger partial charge is 0.294 e. The van der Waals surface area contributed by atoms with Crippen LogP contribution >= 0.6 is 0 Å². The molecular formula is C15H16N2O3S. The van der Waals surface area contributed by atoms with Crippen molar-refractivity contribution >= 4 is 21.6 Å². The van der Waals surface area contributed by atoms with Crippen LogP contribution in [-0.2, 0) is 10.0 Å². The minimum absolute atomic E-state index is 0.0455. The number of carbonyl (C=O) groups excluding carboxylic acids is 1. The maximum Gasteiger partial charge on any atom is 0.263 e. The quantitative estimate of drug-likeness (QED) is 0.862. The molecular weight excluding hydrogens is 288 g/mol. The number of ketones is 1. The molecule has 0 unspecified atom stereocenters. The summed E-state index contributed by atoms with van der Waals surface area (Å²) >= 11 is 0. The van der Waals surface area contributed by atoms with Crippen LogP contribution in [0.25, 0.3) is 0 Å². The maximum atomic E-state index is 12.3. The van der Waals surface area contributed by atoms with Gasteiger partial charge in [0.25, 0.3) is 10.0 Å². The molecule has 0 aliphatic heterocycles. The van der Waals surface area contributed by atoms with Crippen molar-refractivity contribution in [1.29, 1.82) is 0 Å². The lowest BCUT2D eigenvalue weighted by molar-refractivity contribution is 0.0988. The van der Waals surface area contributed by atoms with Gasteiger partial charge in [0.15, 0.2) is 5.78 Å². The van der Waals surface area contributed by atoms with E-state index in [2.05, 4.69) is 9.71 Å². The monoisotopic (exact) mass is 304 g/mol. The molecule has 0 saturated carbocycles. The van der Waals surface area contributed by atoms with Gasteiger partial charge in [-0.1, -0.05) is 25.1 Å². The number of Topliss-reactive ketones (excluding diaryl/α,β-unsaturated/α-hetero) is 1. The molecule has 1 aromatic carbocycles. The van der Waals surface area contributed by atoms with E-state index in [1.54, 1.807) is 37.4 Å². The van der Waals surface area contributed by atoms with Gasteiger partial charge in [0.05, 0.1) is 4.90 Å². The predicted octanol–water partition coefficient (Wildman–Crippen LogP) is 2.78. The highest BCUT2D eigenvalue weighted by atomic mass is 32.2. The van der Waals surface area contributed by atoms with Gasteiger partial charge in [-0.05, 0) is 30.7 Å². The van der Waals surface area contributed by atoms with E-state index in [0.717, 1.165) is 5.56 Å². The summed E-state index contributed by atoms with van der Waals surface area (Å²) < 4.78 is 27.0. The summed E-state index contributed by atoms with van der Waals surface area (Å²) in [6, 6.07) is 9.34. The average molecular weight is 304 g/mol. The highest BCUT2D eigenvalue weighted by Crippen LogP contribution is 2.16. The Hall–Kier alpha value is -2.21. The molecule has 21 heavy (non-hydrogen) atoms. The number of nitrogens with zero attached hydrogens (tertiary/aromatic N) is 1. The van der Waals surface area contributed by atoms with E-state index in [1.165, 1.54) is 12.1 Å². The number of hydrogen-bond donors (Lipinski definition) is 1. The molecule has 110 valence electrons. The first-order chi connectivity index (χ1) is 9.92. The van der Waals surface area contributed by atoms with E-state index < -0.39 is 10.0 Å². The van der Waals surface area contributed by atoms with Gasteiger partial charge in [-0.25, -0.2) is 13.4 Å². The molecule has 1 N–H and O–H groups in total. The molecule has 2 aromatic rings. The third-order valence-electron chi connectivity index (χ3n) is 2.94. The van der Waals surface area contributed by atoms with Crippen LogP contribution in [0.15, 0.2) is 47.5 Å². The first-order valence-electron chi connectivity index (χ1n) is 6.51. The number of nitrogens with one attached hydrogen (secondary N) is 1. The first kappa shape index (κ1) is 15.2. The minimum atomic E-state index is -3.76. The zero-order valence-electron chi connectivity index (χ0n) is 11.8. The molecule has 1 heterocycles. The minimum Gasteiger partial charge on any atom is -0.294 e. The topological polar surface area (TPSA) is 76.1 Å². The third-order valence-corrected chi connectivity index (χ3v) is 4.29. The molecule has 0 atom stereocenters. The molecule has 0 bridgehead atoms. The van der Waals surface area contributed by atoms with E-state index in [9.17, 15) is 13.2 Å². The predicted molar refractivity (Wildman–Crippen MR) is 80.8 cm³/mol. The number of aryl methyl sites for hydroxylation is 1. The number of rotatable bonds is 5. The van der Waals surface area contributed by atoms with Crippen molar-refractivity contribution in [3.8, 4) is 0 Å². The molecule has 5 nitrogen and oxygen atoms in total. The normalized spacial score (nSPS) is 11.1. The van der Waals surface area contributed by atoms with Gasteiger partial charge in [-0.2, -0.15) is 0 Å². The van der Waals surface area contributed by atoms with Gasteiger partial charge in [0.1, 0.15) is 5.82 Å². The van der Waals surface area contributed by atoms with Crippen molar-refractivity contribution in [3.05, 3.63) is 53.7 Å². The number of benzene rings is 1. The number of hydrogen-bond acceptors (Lipinski definition) is 4. The van der Waals surface area contributed by atoms with E-state index in [4.69, 9.17) is 0 Å². The smallest absolute Gasteiger partial charge is 0.263 e. The van der Waals surface area contributed by atoms with Crippen molar-refractivity contribution in [3.63, 3.8) is 0 Å². The third kappa shape index (κ3) is 3.66. The number of anilines is 1. The van der Waals surface area contributed by atoms with Crippen molar-refractivity contribution in [2.45, 2.75) is 25.2 Å². The van der Waals surface area contributed by atoms with Crippen LogP contribution in [0.5, 0.6) is 0 Å². The maximum absolute atomic E-state index is 12.3. The first-order valence-corrected chi connectivity index (χ1v) is 7.99. The number of pyridine rings is 1. The zero-order valence-corrected chi connectivity index (χ0v) is 12.6. The van der Waals surface area contributed by atoms with Gasteiger partial charge < -0.3 is 0 Å². The number of carbonyl (C=O) groups is 1. The van der Waals surface area contributed by atoms with Crippen LogP contribution in [0.4, 0.5) is 5.82 Å². The van der Waals surface area contributed by atoms with Crippen LogP contribution in [0.3, 0.4) is 0 Å². The Balaban J connectivity index is 2.31. The van der Waals surface area contributed by atoms with Gasteiger partial charge in [0, 0.05) is 18.2 Å². The summed E-state index contributed by atoms with van der Waals surface area (Å²) in [5.41, 5.74) is 1.32. The lowest BCUT2D eigenvalue weighted by Crippen LogP contribution is -2.14. The van der Waals surface area contributed by atoms with Gasteiger partial charge in [0.2, 0.25) is 0 Å². The van der Waals surface area contributed by atoms with Crippen LogP contribution in [0.1, 0.15) is 29.3 Å². The zero-order chi connectivity index (χ0) is 15.5. The Bertz CT molecular complexity index is 753. The average Bonchev–Trinajstić information content (AvgIpc) is 2.49. The molecule has 0 amide bonds. The molecule has 0 radical (unpaired) electrons. The number of sulfonamides is 1. The highest BCUT2D eigenvalue weighted by Gasteiger charge is 2.16. The Morgan fingerprint density at radius 3 is 2.62 bits per heavy atom. The summed E-state index contributed by atoms with van der Waals surface area (Å²) in [6.07, 6.45) is 1.91. The second kappa shape index (κ2) is 6.05. The molecule has 0 aliphatic rings. The summed E-state index contributed by atoms with van der Waals surface area (Å²) in [5, 5.41) is 0. The fourth-order valence-corrected chi connectivity index (χ4v) is 2.82. The van der Waals surface area contributed by atoms with Crippen LogP contribution in [-0.4, -0.2) is 19.2 Å². The summed E-state index contributed by atoms with van der Waals surface area (Å²) in [5.74, 6) is 0.147. The molecule has 0 saturated heterocycles. The van der Waals surface area contributed by atoms with E-state index in [1.807, 2.05) is 6.92 Å². The van der Waals surface area contributed by atoms with E-state index in [0.29, 0.717) is 12.0 Å². The summed E-state index contributed by atoms with van der Waals surface area (Å²) in [7, 11) is -3.76. The second-order valence-electron chi connectivity index (χ2n) is 4.63. The summed E-state index contributed by atoms with van der Waals surface area (Å²) in [4.78, 5) is 15.7. The van der Waals surface area contributed by atoms with Crippen molar-refractivity contribution in [1.82, 2.24) is 4.98 Å². The Kier molecular flexibility index (Phi) is 4.37. The van der Waals surface area contributed by atoms with Gasteiger partial charge in [-0.3, -0.25) is 9.52 Å². The molecule has 0 aliphatic carbocycles. The van der Waals surface area contributed by atoms with Crippen molar-refractivity contribution < 1.29 is 13.2 Å². The Morgan fingerprint density at radius 2 is 2.00 bits per heavy atom. The molecule has 1 aromatic heterocycles. The lowest BCUT2D eigenvalue weighted by Gasteiger charge is -2.08. The van der Waals surface area contributed by atoms with E-state index >= 15 is 0 Å². The standard InChI is InChI=1S/C15H16N2O3S/c1-3-14(18)12-5-4-6-13(9-12)21(19,20)17-15-8-7-11(2)10-16-15/h4-10H,3H2,1-2H3,(H,16,17). The fraction of sp³-hybridized carbons (Fsp3) is 0.200. The molecule has 2 rings (SSSR count). The molecule has 6 heteroatoms. The molecule has 0 fully saturated rings. The fourth-order valence-electron chi connectivity index (χ4n) is 1.77. The Labute approximate surface area is 124 Å². The van der Waals surface area contributed by atoms with Crippen molar-refractivity contribution in [2.24, 2.45) is 0 Å². The van der Waals surface area contributed by atoms with Crippen LogP contribution in [0.2, 0.25) is 0 Å². The molecule has 0 spiro atoms. The summed E-state index contributed by atoms with van der Waals surface area (Å²) in [6.45, 7) is 3.60. The second-order valence-corrected chi connectivity index (χ2v) is 6.31. The van der Waals surface area contributed by atoms with Crippen molar-refractivity contribution in [2.75, 3.05) is 4.72 Å².